The summed E-state index contributed by atoms with van der Waals surface area (Å²) in [4.78, 5) is 4.44. The number of rotatable bonds is 4. The molecule has 1 aromatic heterocycles. The van der Waals surface area contributed by atoms with Crippen molar-refractivity contribution in [3.63, 3.8) is 0 Å². The number of sulfonamides is 1. The highest BCUT2D eigenvalue weighted by molar-refractivity contribution is 7.89. The maximum Gasteiger partial charge on any atom is 0.244 e. The molecule has 1 aliphatic carbocycles. The monoisotopic (exact) mass is 305 g/mol. The number of benzene rings is 1. The fourth-order valence-corrected chi connectivity index (χ4v) is 4.00. The maximum absolute atomic E-state index is 12.8. The Morgan fingerprint density at radius 2 is 2.10 bits per heavy atom. The first-order valence-electron chi connectivity index (χ1n) is 7.01. The lowest BCUT2D eigenvalue weighted by Gasteiger charge is -2.18. The van der Waals surface area contributed by atoms with Crippen molar-refractivity contribution in [3.8, 4) is 0 Å². The second kappa shape index (κ2) is 4.96. The number of fused-ring (bicyclic) bond motifs is 1. The number of hydrogen-bond acceptors (Lipinski definition) is 4. The Labute approximate surface area is 124 Å². The summed E-state index contributed by atoms with van der Waals surface area (Å²) in [6.07, 6.45) is 2.68. The zero-order chi connectivity index (χ0) is 15.2. The summed E-state index contributed by atoms with van der Waals surface area (Å²) in [7, 11) is -1.92. The summed E-state index contributed by atoms with van der Waals surface area (Å²) < 4.78 is 27.0. The van der Waals surface area contributed by atoms with Crippen molar-refractivity contribution in [3.05, 3.63) is 30.5 Å². The van der Waals surface area contributed by atoms with Gasteiger partial charge in [0, 0.05) is 30.9 Å². The topological polar surface area (TPSA) is 76.3 Å². The van der Waals surface area contributed by atoms with Crippen LogP contribution in [0.4, 0.5) is 5.69 Å². The van der Waals surface area contributed by atoms with Gasteiger partial charge in [0.05, 0.1) is 5.52 Å². The molecule has 0 amide bonds. The molecule has 0 aliphatic heterocycles. The van der Waals surface area contributed by atoms with Crippen LogP contribution in [0.2, 0.25) is 0 Å². The van der Waals surface area contributed by atoms with Crippen molar-refractivity contribution in [1.82, 2.24) is 9.29 Å². The SMILES string of the molecule is CC1CC1CN(C)S(=O)(=O)c1ccc(N)c2cccnc12. The lowest BCUT2D eigenvalue weighted by molar-refractivity contribution is 0.445. The molecule has 2 aromatic rings. The molecule has 1 fully saturated rings. The Morgan fingerprint density at radius 1 is 1.38 bits per heavy atom. The molecule has 0 spiro atoms. The quantitative estimate of drug-likeness (QED) is 0.878. The number of anilines is 1. The zero-order valence-electron chi connectivity index (χ0n) is 12.2. The summed E-state index contributed by atoms with van der Waals surface area (Å²) in [6, 6.07) is 6.72. The number of hydrogen-bond donors (Lipinski definition) is 1. The van der Waals surface area contributed by atoms with Gasteiger partial charge in [-0.15, -0.1) is 0 Å². The van der Waals surface area contributed by atoms with Crippen LogP contribution in [0.25, 0.3) is 10.9 Å². The van der Waals surface area contributed by atoms with Crippen molar-refractivity contribution in [2.45, 2.75) is 18.2 Å². The van der Waals surface area contributed by atoms with Gasteiger partial charge < -0.3 is 5.73 Å². The fourth-order valence-electron chi connectivity index (χ4n) is 2.63. The molecule has 2 unspecified atom stereocenters. The minimum atomic E-state index is -3.55. The molecular weight excluding hydrogens is 286 g/mol. The smallest absolute Gasteiger partial charge is 0.244 e. The number of pyridine rings is 1. The average Bonchev–Trinajstić information content (AvgIpc) is 3.14. The summed E-state index contributed by atoms with van der Waals surface area (Å²) in [5.41, 5.74) is 6.88. The molecule has 0 bridgehead atoms. The molecule has 112 valence electrons. The summed E-state index contributed by atoms with van der Waals surface area (Å²) in [5, 5.41) is 0.673. The van der Waals surface area contributed by atoms with Gasteiger partial charge in [-0.05, 0) is 42.5 Å². The van der Waals surface area contributed by atoms with Gasteiger partial charge in [-0.2, -0.15) is 0 Å². The molecule has 2 N–H and O–H groups in total. The Hall–Kier alpha value is -1.66. The number of nitrogens with zero attached hydrogens (tertiary/aromatic N) is 2. The second-order valence-corrected chi connectivity index (χ2v) is 7.82. The average molecular weight is 305 g/mol. The van der Waals surface area contributed by atoms with Gasteiger partial charge in [-0.3, -0.25) is 4.98 Å². The van der Waals surface area contributed by atoms with E-state index in [1.165, 1.54) is 4.31 Å². The molecule has 21 heavy (non-hydrogen) atoms. The van der Waals surface area contributed by atoms with Crippen molar-refractivity contribution in [2.24, 2.45) is 11.8 Å². The molecule has 0 radical (unpaired) electrons. The van der Waals surface area contributed by atoms with E-state index in [1.54, 1.807) is 37.5 Å². The molecule has 1 heterocycles. The van der Waals surface area contributed by atoms with Gasteiger partial charge in [0.2, 0.25) is 10.0 Å². The first-order chi connectivity index (χ1) is 9.91. The Kier molecular flexibility index (Phi) is 3.37. The van der Waals surface area contributed by atoms with Crippen LogP contribution in [0, 0.1) is 11.8 Å². The van der Waals surface area contributed by atoms with Gasteiger partial charge in [0.15, 0.2) is 0 Å². The zero-order valence-corrected chi connectivity index (χ0v) is 13.0. The van der Waals surface area contributed by atoms with Gasteiger partial charge in [0.1, 0.15) is 4.90 Å². The first-order valence-corrected chi connectivity index (χ1v) is 8.45. The highest BCUT2D eigenvalue weighted by atomic mass is 32.2. The van der Waals surface area contributed by atoms with E-state index < -0.39 is 10.0 Å². The van der Waals surface area contributed by atoms with Crippen LogP contribution >= 0.6 is 0 Å². The molecule has 1 aromatic carbocycles. The van der Waals surface area contributed by atoms with Crippen LogP contribution in [-0.2, 0) is 10.0 Å². The predicted octanol–water partition coefficient (Wildman–Crippen LogP) is 2.09. The Balaban J connectivity index is 2.04. The predicted molar refractivity (Wildman–Crippen MR) is 83.2 cm³/mol. The minimum absolute atomic E-state index is 0.225. The molecule has 2 atom stereocenters. The Morgan fingerprint density at radius 3 is 2.76 bits per heavy atom. The fraction of sp³-hybridized carbons (Fsp3) is 0.400. The van der Waals surface area contributed by atoms with Crippen LogP contribution in [0.15, 0.2) is 35.4 Å². The highest BCUT2D eigenvalue weighted by Gasteiger charge is 2.36. The molecule has 1 aliphatic rings. The molecule has 5 nitrogen and oxygen atoms in total. The van der Waals surface area contributed by atoms with Crippen molar-refractivity contribution in [1.29, 1.82) is 0 Å². The van der Waals surface area contributed by atoms with Crippen LogP contribution in [-0.4, -0.2) is 31.3 Å². The lowest BCUT2D eigenvalue weighted by atomic mass is 10.2. The maximum atomic E-state index is 12.8. The van der Waals surface area contributed by atoms with E-state index >= 15 is 0 Å². The van der Waals surface area contributed by atoms with Gasteiger partial charge >= 0.3 is 0 Å². The third-order valence-corrected chi connectivity index (χ3v) is 6.08. The van der Waals surface area contributed by atoms with Crippen LogP contribution in [0.5, 0.6) is 0 Å². The van der Waals surface area contributed by atoms with E-state index in [0.717, 1.165) is 6.42 Å². The van der Waals surface area contributed by atoms with E-state index in [2.05, 4.69) is 11.9 Å². The van der Waals surface area contributed by atoms with Gasteiger partial charge in [-0.25, -0.2) is 12.7 Å². The minimum Gasteiger partial charge on any atom is -0.398 e. The molecule has 1 saturated carbocycles. The number of nitrogen functional groups attached to an aromatic ring is 1. The van der Waals surface area contributed by atoms with Gasteiger partial charge in [0.25, 0.3) is 0 Å². The van der Waals surface area contributed by atoms with E-state index in [9.17, 15) is 8.42 Å². The normalized spacial score (nSPS) is 21.9. The molecule has 0 saturated heterocycles. The van der Waals surface area contributed by atoms with E-state index in [4.69, 9.17) is 5.73 Å². The number of nitrogens with two attached hydrogens (primary N) is 1. The molecule has 6 heteroatoms. The standard InChI is InChI=1S/C15H19N3O2S/c1-10-8-11(10)9-18(2)21(19,20)14-6-5-13(16)12-4-3-7-17-15(12)14/h3-7,10-11H,8-9,16H2,1-2H3. The van der Waals surface area contributed by atoms with E-state index in [0.29, 0.717) is 35.0 Å². The van der Waals surface area contributed by atoms with Gasteiger partial charge in [-0.1, -0.05) is 6.92 Å². The third kappa shape index (κ3) is 2.49. The second-order valence-electron chi connectivity index (χ2n) is 5.81. The first kappa shape index (κ1) is 14.3. The van der Waals surface area contributed by atoms with Crippen molar-refractivity contribution in [2.75, 3.05) is 19.3 Å². The van der Waals surface area contributed by atoms with Crippen LogP contribution in [0.1, 0.15) is 13.3 Å². The summed E-state index contributed by atoms with van der Waals surface area (Å²) in [5.74, 6) is 1.08. The summed E-state index contributed by atoms with van der Waals surface area (Å²) >= 11 is 0. The highest BCUT2D eigenvalue weighted by Crippen LogP contribution is 2.39. The number of aromatic nitrogens is 1. The van der Waals surface area contributed by atoms with Crippen LogP contribution < -0.4 is 5.73 Å². The van der Waals surface area contributed by atoms with Crippen molar-refractivity contribution < 1.29 is 8.42 Å². The summed E-state index contributed by atoms with van der Waals surface area (Å²) in [6.45, 7) is 2.70. The van der Waals surface area contributed by atoms with Crippen LogP contribution in [0.3, 0.4) is 0 Å². The molecule has 3 rings (SSSR count). The lowest BCUT2D eigenvalue weighted by Crippen LogP contribution is -2.29. The van der Waals surface area contributed by atoms with E-state index in [-0.39, 0.29) is 4.90 Å². The van der Waals surface area contributed by atoms with Crippen molar-refractivity contribution >= 4 is 26.6 Å². The van der Waals surface area contributed by atoms with E-state index in [1.807, 2.05) is 0 Å². The third-order valence-electron chi connectivity index (χ3n) is 4.22. The Bertz CT molecular complexity index is 789. The molecular formula is C15H19N3O2S. The largest absolute Gasteiger partial charge is 0.398 e.